The first-order chi connectivity index (χ1) is 12.5. The van der Waals surface area contributed by atoms with Gasteiger partial charge in [0.15, 0.2) is 0 Å². The van der Waals surface area contributed by atoms with Gasteiger partial charge in [-0.15, -0.1) is 11.3 Å². The summed E-state index contributed by atoms with van der Waals surface area (Å²) in [4.78, 5) is 18.1. The molecule has 3 heterocycles. The van der Waals surface area contributed by atoms with Gasteiger partial charge >= 0.3 is 0 Å². The van der Waals surface area contributed by atoms with Crippen molar-refractivity contribution in [2.45, 2.75) is 59.5 Å². The highest BCUT2D eigenvalue weighted by Crippen LogP contribution is 2.36. The molecule has 1 amide bonds. The van der Waals surface area contributed by atoms with Gasteiger partial charge in [-0.25, -0.2) is 0 Å². The van der Waals surface area contributed by atoms with Crippen LogP contribution >= 0.6 is 11.3 Å². The van der Waals surface area contributed by atoms with E-state index in [0.717, 1.165) is 48.6 Å². The zero-order valence-corrected chi connectivity index (χ0v) is 17.2. The van der Waals surface area contributed by atoms with Gasteiger partial charge in [0.25, 0.3) is 5.91 Å². The number of aryl methyl sites for hydroxylation is 3. The molecular formula is C20H30N4OS. The lowest BCUT2D eigenvalue weighted by atomic mass is 10.1. The number of hydrogen-bond donors (Lipinski definition) is 0. The van der Waals surface area contributed by atoms with Gasteiger partial charge < -0.3 is 9.80 Å². The van der Waals surface area contributed by atoms with E-state index in [1.165, 1.54) is 23.4 Å². The Labute approximate surface area is 160 Å². The highest BCUT2D eigenvalue weighted by atomic mass is 32.1. The molecule has 0 bridgehead atoms. The van der Waals surface area contributed by atoms with E-state index in [2.05, 4.69) is 29.9 Å². The van der Waals surface area contributed by atoms with Crippen LogP contribution in [0.4, 0.5) is 5.00 Å². The predicted molar refractivity (Wildman–Crippen MR) is 108 cm³/mol. The van der Waals surface area contributed by atoms with Crippen LogP contribution in [0.5, 0.6) is 0 Å². The van der Waals surface area contributed by atoms with Gasteiger partial charge in [-0.2, -0.15) is 5.10 Å². The Kier molecular flexibility index (Phi) is 6.01. The molecule has 0 spiro atoms. The van der Waals surface area contributed by atoms with Crippen LogP contribution in [0.25, 0.3) is 0 Å². The molecule has 0 aliphatic carbocycles. The highest BCUT2D eigenvalue weighted by Gasteiger charge is 2.23. The summed E-state index contributed by atoms with van der Waals surface area (Å²) in [7, 11) is 1.89. The molecule has 142 valence electrons. The summed E-state index contributed by atoms with van der Waals surface area (Å²) in [5.74, 6) is 0.114. The first-order valence-corrected chi connectivity index (χ1v) is 10.5. The lowest BCUT2D eigenvalue weighted by Crippen LogP contribution is -2.25. The van der Waals surface area contributed by atoms with E-state index in [9.17, 15) is 4.79 Å². The number of thiophene rings is 1. The molecule has 0 atom stereocenters. The van der Waals surface area contributed by atoms with Crippen LogP contribution in [0.2, 0.25) is 0 Å². The number of aromatic nitrogens is 2. The average Bonchev–Trinajstić information content (AvgIpc) is 3.15. The Bertz CT molecular complexity index is 764. The van der Waals surface area contributed by atoms with Crippen LogP contribution in [0.15, 0.2) is 12.3 Å². The first kappa shape index (κ1) is 19.0. The Morgan fingerprint density at radius 1 is 1.35 bits per heavy atom. The number of rotatable bonds is 6. The van der Waals surface area contributed by atoms with Crippen molar-refractivity contribution in [1.82, 2.24) is 14.7 Å². The lowest BCUT2D eigenvalue weighted by molar-refractivity contribution is 0.0789. The molecule has 6 heteroatoms. The fourth-order valence-corrected chi connectivity index (χ4v) is 4.82. The summed E-state index contributed by atoms with van der Waals surface area (Å²) in [6.07, 6.45) is 6.73. The second-order valence-electron chi connectivity index (χ2n) is 7.14. The van der Waals surface area contributed by atoms with Crippen molar-refractivity contribution in [3.05, 3.63) is 34.0 Å². The molecule has 0 fully saturated rings. The van der Waals surface area contributed by atoms with Gasteiger partial charge in [-0.1, -0.05) is 6.92 Å². The van der Waals surface area contributed by atoms with E-state index >= 15 is 0 Å². The molecule has 0 unspecified atom stereocenters. The van der Waals surface area contributed by atoms with Crippen molar-refractivity contribution in [1.29, 1.82) is 0 Å². The number of anilines is 1. The third kappa shape index (κ3) is 3.95. The number of amides is 1. The Morgan fingerprint density at radius 2 is 2.15 bits per heavy atom. The maximum atomic E-state index is 13.0. The first-order valence-electron chi connectivity index (χ1n) is 9.69. The zero-order chi connectivity index (χ0) is 18.7. The van der Waals surface area contributed by atoms with Crippen LogP contribution < -0.4 is 4.90 Å². The minimum absolute atomic E-state index is 0.114. The van der Waals surface area contributed by atoms with E-state index in [1.807, 2.05) is 29.7 Å². The zero-order valence-electron chi connectivity index (χ0n) is 16.4. The molecule has 1 aliphatic rings. The van der Waals surface area contributed by atoms with Crippen molar-refractivity contribution in [3.8, 4) is 0 Å². The number of nitrogens with zero attached hydrogens (tertiary/aromatic N) is 4. The molecule has 1 aliphatic heterocycles. The summed E-state index contributed by atoms with van der Waals surface area (Å²) in [6, 6.07) is 2.13. The molecule has 0 N–H and O–H groups in total. The van der Waals surface area contributed by atoms with Crippen LogP contribution in [0, 0.1) is 6.92 Å². The van der Waals surface area contributed by atoms with E-state index in [-0.39, 0.29) is 5.91 Å². The fourth-order valence-electron chi connectivity index (χ4n) is 3.57. The molecule has 3 rings (SSSR count). The summed E-state index contributed by atoms with van der Waals surface area (Å²) in [5, 5.41) is 5.80. The molecule has 2 aromatic rings. The maximum absolute atomic E-state index is 13.0. The number of carbonyl (C=O) groups is 1. The van der Waals surface area contributed by atoms with E-state index in [1.54, 1.807) is 11.3 Å². The molecule has 0 aromatic carbocycles. The van der Waals surface area contributed by atoms with Crippen molar-refractivity contribution in [3.63, 3.8) is 0 Å². The minimum Gasteiger partial charge on any atom is -0.363 e. The largest absolute Gasteiger partial charge is 0.363 e. The summed E-state index contributed by atoms with van der Waals surface area (Å²) in [6.45, 7) is 9.94. The van der Waals surface area contributed by atoms with Crippen LogP contribution in [0.1, 0.15) is 59.6 Å². The molecule has 0 saturated carbocycles. The Balaban J connectivity index is 1.77. The highest BCUT2D eigenvalue weighted by molar-refractivity contribution is 7.18. The molecule has 0 radical (unpaired) electrons. The van der Waals surface area contributed by atoms with Gasteiger partial charge in [-0.3, -0.25) is 9.48 Å². The van der Waals surface area contributed by atoms with Gasteiger partial charge in [0.05, 0.1) is 15.6 Å². The monoisotopic (exact) mass is 374 g/mol. The van der Waals surface area contributed by atoms with Crippen LogP contribution in [-0.4, -0.2) is 40.7 Å². The van der Waals surface area contributed by atoms with Gasteiger partial charge in [0.1, 0.15) is 0 Å². The fraction of sp³-hybridized carbons (Fsp3) is 0.600. The van der Waals surface area contributed by atoms with E-state index in [4.69, 9.17) is 0 Å². The van der Waals surface area contributed by atoms with Crippen molar-refractivity contribution < 1.29 is 4.79 Å². The molecule has 5 nitrogen and oxygen atoms in total. The van der Waals surface area contributed by atoms with E-state index in [0.29, 0.717) is 6.54 Å². The summed E-state index contributed by atoms with van der Waals surface area (Å²) < 4.78 is 1.93. The third-order valence-corrected chi connectivity index (χ3v) is 6.25. The van der Waals surface area contributed by atoms with Gasteiger partial charge in [0.2, 0.25) is 0 Å². The molecule has 26 heavy (non-hydrogen) atoms. The second kappa shape index (κ2) is 8.25. The van der Waals surface area contributed by atoms with Crippen molar-refractivity contribution in [2.24, 2.45) is 0 Å². The average molecular weight is 375 g/mol. The second-order valence-corrected chi connectivity index (χ2v) is 8.17. The number of hydrogen-bond acceptors (Lipinski definition) is 4. The van der Waals surface area contributed by atoms with E-state index < -0.39 is 0 Å². The number of carbonyl (C=O) groups excluding carboxylic acids is 1. The van der Waals surface area contributed by atoms with Gasteiger partial charge in [-0.05, 0) is 51.2 Å². The normalized spacial score (nSPS) is 14.2. The predicted octanol–water partition coefficient (Wildman–Crippen LogP) is 4.10. The summed E-state index contributed by atoms with van der Waals surface area (Å²) in [5.41, 5.74) is 3.48. The Morgan fingerprint density at radius 3 is 2.85 bits per heavy atom. The molecule has 0 saturated heterocycles. The summed E-state index contributed by atoms with van der Waals surface area (Å²) >= 11 is 1.67. The lowest BCUT2D eigenvalue weighted by Gasteiger charge is -2.21. The third-order valence-electron chi connectivity index (χ3n) is 5.03. The standard InChI is InChI=1S/C20H30N4OS/c1-5-10-23-11-8-7-9-16-12-18(26-20(16)23)19(25)22(4)13-17-14-24(6-2)21-15(17)3/h12,14H,5-11,13H2,1-4H3. The van der Waals surface area contributed by atoms with Crippen molar-refractivity contribution >= 4 is 22.2 Å². The molecular weight excluding hydrogens is 344 g/mol. The number of fused-ring (bicyclic) bond motifs is 1. The quantitative estimate of drug-likeness (QED) is 0.764. The SMILES string of the molecule is CCCN1CCCCc2cc(C(=O)N(C)Cc3cn(CC)nc3C)sc21. The minimum atomic E-state index is 0.114. The Hall–Kier alpha value is -1.82. The van der Waals surface area contributed by atoms with Gasteiger partial charge in [0, 0.05) is 45.0 Å². The smallest absolute Gasteiger partial charge is 0.264 e. The van der Waals surface area contributed by atoms with Crippen LogP contribution in [-0.2, 0) is 19.5 Å². The van der Waals surface area contributed by atoms with Crippen molar-refractivity contribution in [2.75, 3.05) is 25.0 Å². The van der Waals surface area contributed by atoms with Crippen LogP contribution in [0.3, 0.4) is 0 Å². The topological polar surface area (TPSA) is 41.4 Å². The molecule has 2 aromatic heterocycles. The maximum Gasteiger partial charge on any atom is 0.264 e.